The van der Waals surface area contributed by atoms with Crippen LogP contribution in [0.15, 0.2) is 54.6 Å². The number of nitrogens with zero attached hydrogens (tertiary/aromatic N) is 2. The number of aromatic nitrogens is 1. The van der Waals surface area contributed by atoms with Gasteiger partial charge in [0.05, 0.1) is 13.6 Å². The Labute approximate surface area is 168 Å². The van der Waals surface area contributed by atoms with Crippen molar-refractivity contribution in [2.75, 3.05) is 11.9 Å². The molecule has 0 spiro atoms. The number of hydrogen-bond acceptors (Lipinski definition) is 1. The molecule has 0 radical (unpaired) electrons. The zero-order chi connectivity index (χ0) is 19.8. The Morgan fingerprint density at radius 1 is 0.893 bits per heavy atom. The molecule has 140 valence electrons. The molecule has 0 amide bonds. The van der Waals surface area contributed by atoms with Crippen LogP contribution in [-0.2, 0) is 7.05 Å². The number of anilines is 2. The average molecular weight is 384 g/mol. The average Bonchev–Trinajstić information content (AvgIpc) is 2.66. The van der Waals surface area contributed by atoms with Crippen LogP contribution in [0.2, 0.25) is 19.6 Å². The highest BCUT2D eigenvalue weighted by Gasteiger charge is 2.38. The van der Waals surface area contributed by atoms with E-state index in [0.717, 1.165) is 0 Å². The number of para-hydroxylation sites is 1. The van der Waals surface area contributed by atoms with Crippen LogP contribution in [0.25, 0.3) is 32.9 Å². The summed E-state index contributed by atoms with van der Waals surface area (Å²) in [6.07, 6.45) is 0. The van der Waals surface area contributed by atoms with Gasteiger partial charge in [-0.15, -0.1) is 0 Å². The molecule has 0 atom stereocenters. The van der Waals surface area contributed by atoms with Crippen molar-refractivity contribution >= 4 is 46.3 Å². The number of aryl methyl sites for hydroxylation is 2. The second-order valence-electron chi connectivity index (χ2n) is 9.09. The van der Waals surface area contributed by atoms with E-state index in [4.69, 9.17) is 0 Å². The topological polar surface area (TPSA) is 7.12 Å². The van der Waals surface area contributed by atoms with Crippen molar-refractivity contribution in [1.29, 1.82) is 0 Å². The first-order valence-corrected chi connectivity index (χ1v) is 13.5. The van der Waals surface area contributed by atoms with E-state index >= 15 is 0 Å². The molecule has 0 saturated heterocycles. The quantitative estimate of drug-likeness (QED) is 0.314. The predicted octanol–water partition coefficient (Wildman–Crippen LogP) is 5.42. The second-order valence-corrected chi connectivity index (χ2v) is 14.1. The fourth-order valence-corrected chi connectivity index (χ4v) is 7.06. The molecule has 0 unspecified atom stereocenters. The summed E-state index contributed by atoms with van der Waals surface area (Å²) in [5.74, 6) is 0. The Morgan fingerprint density at radius 3 is 2.39 bits per heavy atom. The van der Waals surface area contributed by atoms with E-state index in [9.17, 15) is 0 Å². The van der Waals surface area contributed by atoms with Gasteiger partial charge in [0.15, 0.2) is 0 Å². The SMILES string of the molecule is Cc1ccc2cccc3c2c1-c1c(c([Si](C)(C)C)c2ccccc2[n+]1C)N3C. The lowest BCUT2D eigenvalue weighted by atomic mass is 9.90. The predicted molar refractivity (Wildman–Crippen MR) is 124 cm³/mol. The van der Waals surface area contributed by atoms with Crippen LogP contribution in [0.3, 0.4) is 0 Å². The summed E-state index contributed by atoms with van der Waals surface area (Å²) < 4.78 is 2.42. The third-order valence-electron chi connectivity index (χ3n) is 6.25. The molecule has 3 heteroatoms. The first kappa shape index (κ1) is 17.4. The Bertz CT molecular complexity index is 1280. The van der Waals surface area contributed by atoms with E-state index in [0.29, 0.717) is 0 Å². The molecule has 0 N–H and O–H groups in total. The highest BCUT2D eigenvalue weighted by atomic mass is 28.3. The summed E-state index contributed by atoms with van der Waals surface area (Å²) in [5, 5.41) is 5.66. The van der Waals surface area contributed by atoms with Crippen molar-refractivity contribution < 1.29 is 4.57 Å². The van der Waals surface area contributed by atoms with Gasteiger partial charge in [-0.2, -0.15) is 4.57 Å². The molecule has 2 heterocycles. The molecule has 0 aliphatic carbocycles. The van der Waals surface area contributed by atoms with Gasteiger partial charge in [0.2, 0.25) is 11.2 Å². The summed E-state index contributed by atoms with van der Waals surface area (Å²) >= 11 is 0. The van der Waals surface area contributed by atoms with Gasteiger partial charge in [-0.05, 0) is 35.2 Å². The van der Waals surface area contributed by atoms with Crippen molar-refractivity contribution in [3.63, 3.8) is 0 Å². The van der Waals surface area contributed by atoms with Gasteiger partial charge < -0.3 is 4.90 Å². The minimum atomic E-state index is -1.62. The molecule has 3 aromatic carbocycles. The smallest absolute Gasteiger partial charge is 0.237 e. The van der Waals surface area contributed by atoms with Gasteiger partial charge in [-0.25, -0.2) is 0 Å². The third kappa shape index (κ3) is 2.17. The zero-order valence-electron chi connectivity index (χ0n) is 17.6. The molecular weight excluding hydrogens is 356 g/mol. The summed E-state index contributed by atoms with van der Waals surface area (Å²) in [4.78, 5) is 2.45. The van der Waals surface area contributed by atoms with Gasteiger partial charge in [-0.1, -0.05) is 56.0 Å². The standard InChI is InChI=1S/C25H27N2Si/c1-16-14-15-17-10-9-13-20-22(17)21(16)23-24(27(20)3)25(28(4,5)6)18-11-7-8-12-19(18)26(23)2/h7-15H,1-6H3/q+1. The minimum absolute atomic E-state index is 1.32. The molecule has 1 aliphatic heterocycles. The second kappa shape index (κ2) is 5.68. The lowest BCUT2D eigenvalue weighted by Crippen LogP contribution is -2.47. The van der Waals surface area contributed by atoms with Crippen LogP contribution in [0.5, 0.6) is 0 Å². The minimum Gasteiger partial charge on any atom is -0.339 e. The van der Waals surface area contributed by atoms with Crippen LogP contribution in [0.4, 0.5) is 11.4 Å². The number of rotatable bonds is 1. The fraction of sp³-hybridized carbons (Fsp3) is 0.240. The van der Waals surface area contributed by atoms with E-state index in [2.05, 4.69) is 105 Å². The molecule has 0 fully saturated rings. The fourth-order valence-electron chi connectivity index (χ4n) is 5.04. The largest absolute Gasteiger partial charge is 0.339 e. The number of fused-ring (bicyclic) bond motifs is 3. The van der Waals surface area contributed by atoms with Crippen molar-refractivity contribution in [1.82, 2.24) is 0 Å². The molecule has 5 rings (SSSR count). The van der Waals surface area contributed by atoms with Crippen LogP contribution in [0.1, 0.15) is 5.56 Å². The van der Waals surface area contributed by atoms with Crippen molar-refractivity contribution in [3.05, 3.63) is 60.2 Å². The van der Waals surface area contributed by atoms with Crippen LogP contribution in [0, 0.1) is 6.92 Å². The Hall–Kier alpha value is -2.65. The maximum atomic E-state index is 2.47. The van der Waals surface area contributed by atoms with Gasteiger partial charge in [0.1, 0.15) is 12.7 Å². The van der Waals surface area contributed by atoms with E-state index in [1.54, 1.807) is 5.19 Å². The van der Waals surface area contributed by atoms with Crippen LogP contribution < -0.4 is 14.7 Å². The lowest BCUT2D eigenvalue weighted by molar-refractivity contribution is -0.632. The molecule has 1 aliphatic rings. The Balaban J connectivity index is 2.11. The lowest BCUT2D eigenvalue weighted by Gasteiger charge is -2.34. The maximum Gasteiger partial charge on any atom is 0.237 e. The normalized spacial score (nSPS) is 13.3. The molecule has 4 aromatic rings. The van der Waals surface area contributed by atoms with Crippen LogP contribution in [-0.4, -0.2) is 15.1 Å². The molecule has 2 nitrogen and oxygen atoms in total. The Kier molecular flexibility index (Phi) is 3.54. The highest BCUT2D eigenvalue weighted by Crippen LogP contribution is 2.47. The van der Waals surface area contributed by atoms with Crippen molar-refractivity contribution in [2.24, 2.45) is 7.05 Å². The molecule has 0 bridgehead atoms. The van der Waals surface area contributed by atoms with Gasteiger partial charge in [0.25, 0.3) is 0 Å². The first-order valence-electron chi connectivity index (χ1n) is 10.0. The van der Waals surface area contributed by atoms with E-state index in [-0.39, 0.29) is 0 Å². The molecular formula is C25H27N2Si+. The van der Waals surface area contributed by atoms with Crippen molar-refractivity contribution in [2.45, 2.75) is 26.6 Å². The van der Waals surface area contributed by atoms with Gasteiger partial charge in [0, 0.05) is 29.6 Å². The summed E-state index contributed by atoms with van der Waals surface area (Å²) in [6, 6.07) is 20.2. The summed E-state index contributed by atoms with van der Waals surface area (Å²) in [5.41, 5.74) is 8.15. The Morgan fingerprint density at radius 2 is 1.64 bits per heavy atom. The van der Waals surface area contributed by atoms with Gasteiger partial charge in [-0.3, -0.25) is 0 Å². The number of benzene rings is 3. The van der Waals surface area contributed by atoms with E-state index < -0.39 is 8.07 Å². The monoisotopic (exact) mass is 383 g/mol. The highest BCUT2D eigenvalue weighted by molar-refractivity contribution is 6.91. The third-order valence-corrected chi connectivity index (χ3v) is 8.25. The van der Waals surface area contributed by atoms with E-state index in [1.807, 2.05) is 0 Å². The molecule has 0 saturated carbocycles. The van der Waals surface area contributed by atoms with E-state index in [1.165, 1.54) is 49.9 Å². The van der Waals surface area contributed by atoms with Crippen molar-refractivity contribution in [3.8, 4) is 11.3 Å². The van der Waals surface area contributed by atoms with Crippen LogP contribution >= 0.6 is 0 Å². The zero-order valence-corrected chi connectivity index (χ0v) is 18.6. The first-order chi connectivity index (χ1) is 13.3. The van der Waals surface area contributed by atoms with Gasteiger partial charge >= 0.3 is 0 Å². The molecule has 28 heavy (non-hydrogen) atoms. The number of pyridine rings is 1. The number of hydrogen-bond donors (Lipinski definition) is 0. The summed E-state index contributed by atoms with van der Waals surface area (Å²) in [7, 11) is 2.86. The molecule has 1 aromatic heterocycles. The maximum absolute atomic E-state index is 2.47. The summed E-state index contributed by atoms with van der Waals surface area (Å²) in [6.45, 7) is 9.66.